The summed E-state index contributed by atoms with van der Waals surface area (Å²) >= 11 is 0. The zero-order valence-electron chi connectivity index (χ0n) is 8.65. The van der Waals surface area contributed by atoms with Gasteiger partial charge in [-0.15, -0.1) is 0 Å². The standard InChI is InChI=1S/C10H16N4O/c11-7-10(2-5-15-6-3-10)14-9-1-4-12-8-13-9/h1,4,8H,2-3,5-7,11H2,(H,12,13,14). The van der Waals surface area contributed by atoms with Gasteiger partial charge in [0.1, 0.15) is 12.1 Å². The predicted molar refractivity (Wildman–Crippen MR) is 57.5 cm³/mol. The largest absolute Gasteiger partial charge is 0.381 e. The summed E-state index contributed by atoms with van der Waals surface area (Å²) in [6.45, 7) is 2.12. The average molecular weight is 208 g/mol. The Morgan fingerprint density at radius 2 is 2.27 bits per heavy atom. The molecular formula is C10H16N4O. The number of ether oxygens (including phenoxy) is 1. The average Bonchev–Trinajstić information content (AvgIpc) is 2.32. The number of hydrogen-bond acceptors (Lipinski definition) is 5. The molecule has 0 aliphatic carbocycles. The summed E-state index contributed by atoms with van der Waals surface area (Å²) in [7, 11) is 0. The fourth-order valence-electron chi connectivity index (χ4n) is 1.78. The Labute approximate surface area is 89.1 Å². The molecule has 3 N–H and O–H groups in total. The molecule has 1 aliphatic heterocycles. The van der Waals surface area contributed by atoms with E-state index in [1.54, 1.807) is 6.20 Å². The molecule has 0 saturated carbocycles. The van der Waals surface area contributed by atoms with Gasteiger partial charge in [-0.3, -0.25) is 0 Å². The van der Waals surface area contributed by atoms with Crippen molar-refractivity contribution in [1.82, 2.24) is 9.97 Å². The lowest BCUT2D eigenvalue weighted by molar-refractivity contribution is 0.0627. The number of nitrogens with two attached hydrogens (primary N) is 1. The van der Waals surface area contributed by atoms with Crippen molar-refractivity contribution in [3.05, 3.63) is 18.6 Å². The molecule has 15 heavy (non-hydrogen) atoms. The van der Waals surface area contributed by atoms with Gasteiger partial charge in [0.05, 0.1) is 5.54 Å². The minimum Gasteiger partial charge on any atom is -0.381 e. The highest BCUT2D eigenvalue weighted by Gasteiger charge is 2.31. The molecule has 0 radical (unpaired) electrons. The van der Waals surface area contributed by atoms with Gasteiger partial charge >= 0.3 is 0 Å². The van der Waals surface area contributed by atoms with Crippen molar-refractivity contribution in [2.45, 2.75) is 18.4 Å². The lowest BCUT2D eigenvalue weighted by Gasteiger charge is -2.37. The van der Waals surface area contributed by atoms with Gasteiger partial charge < -0.3 is 15.8 Å². The Hall–Kier alpha value is -1.20. The van der Waals surface area contributed by atoms with Gasteiger partial charge in [0.15, 0.2) is 0 Å². The van der Waals surface area contributed by atoms with E-state index in [1.165, 1.54) is 6.33 Å². The van der Waals surface area contributed by atoms with Crippen LogP contribution in [-0.4, -0.2) is 35.3 Å². The minimum atomic E-state index is -0.0629. The Morgan fingerprint density at radius 1 is 1.47 bits per heavy atom. The molecule has 1 aromatic rings. The van der Waals surface area contributed by atoms with Gasteiger partial charge in [-0.1, -0.05) is 0 Å². The highest BCUT2D eigenvalue weighted by molar-refractivity contribution is 5.36. The summed E-state index contributed by atoms with van der Waals surface area (Å²) in [4.78, 5) is 8.03. The van der Waals surface area contributed by atoms with Crippen LogP contribution in [0.5, 0.6) is 0 Å². The molecule has 2 rings (SSSR count). The van der Waals surface area contributed by atoms with Crippen molar-refractivity contribution in [2.75, 3.05) is 25.1 Å². The van der Waals surface area contributed by atoms with Gasteiger partial charge in [0, 0.05) is 26.0 Å². The maximum absolute atomic E-state index is 5.82. The first-order chi connectivity index (χ1) is 7.35. The first kappa shape index (κ1) is 10.3. The number of hydrogen-bond donors (Lipinski definition) is 2. The van der Waals surface area contributed by atoms with E-state index in [0.717, 1.165) is 31.9 Å². The summed E-state index contributed by atoms with van der Waals surface area (Å²) in [5.74, 6) is 0.831. The Morgan fingerprint density at radius 3 is 2.87 bits per heavy atom. The number of anilines is 1. The molecule has 1 saturated heterocycles. The molecule has 5 nitrogen and oxygen atoms in total. The molecule has 0 spiro atoms. The van der Waals surface area contributed by atoms with E-state index in [-0.39, 0.29) is 5.54 Å². The van der Waals surface area contributed by atoms with Crippen LogP contribution in [0.25, 0.3) is 0 Å². The van der Waals surface area contributed by atoms with Gasteiger partial charge in [0.2, 0.25) is 0 Å². The fraction of sp³-hybridized carbons (Fsp3) is 0.600. The monoisotopic (exact) mass is 208 g/mol. The van der Waals surface area contributed by atoms with E-state index in [2.05, 4.69) is 15.3 Å². The highest BCUT2D eigenvalue weighted by atomic mass is 16.5. The second kappa shape index (κ2) is 4.55. The second-order valence-electron chi connectivity index (χ2n) is 3.82. The van der Waals surface area contributed by atoms with Crippen LogP contribution in [0.2, 0.25) is 0 Å². The normalized spacial score (nSPS) is 19.8. The van der Waals surface area contributed by atoms with E-state index in [1.807, 2.05) is 6.07 Å². The third kappa shape index (κ3) is 2.43. The lowest BCUT2D eigenvalue weighted by atomic mass is 9.90. The molecule has 82 valence electrons. The van der Waals surface area contributed by atoms with Crippen LogP contribution < -0.4 is 11.1 Å². The Kier molecular flexibility index (Phi) is 3.13. The summed E-state index contributed by atoms with van der Waals surface area (Å²) in [6.07, 6.45) is 5.10. The first-order valence-electron chi connectivity index (χ1n) is 5.17. The first-order valence-corrected chi connectivity index (χ1v) is 5.17. The SMILES string of the molecule is NCC1(Nc2ccncn2)CCOCC1. The summed E-state index contributed by atoms with van der Waals surface area (Å²) < 4.78 is 5.34. The molecule has 1 fully saturated rings. The third-order valence-corrected chi connectivity index (χ3v) is 2.82. The summed E-state index contributed by atoms with van der Waals surface area (Å²) in [5.41, 5.74) is 5.76. The van der Waals surface area contributed by atoms with Gasteiger partial charge in [-0.2, -0.15) is 0 Å². The van der Waals surface area contributed by atoms with Crippen LogP contribution in [0.4, 0.5) is 5.82 Å². The second-order valence-corrected chi connectivity index (χ2v) is 3.82. The van der Waals surface area contributed by atoms with E-state index >= 15 is 0 Å². The maximum Gasteiger partial charge on any atom is 0.129 e. The van der Waals surface area contributed by atoms with Crippen LogP contribution in [0.1, 0.15) is 12.8 Å². The minimum absolute atomic E-state index is 0.0629. The Bertz CT molecular complexity index is 298. The molecule has 1 aliphatic rings. The zero-order valence-corrected chi connectivity index (χ0v) is 8.65. The van der Waals surface area contributed by atoms with Crippen molar-refractivity contribution in [3.63, 3.8) is 0 Å². The molecular weight excluding hydrogens is 192 g/mol. The van der Waals surface area contributed by atoms with Crippen molar-refractivity contribution in [3.8, 4) is 0 Å². The van der Waals surface area contributed by atoms with Gasteiger partial charge in [-0.05, 0) is 18.9 Å². The van der Waals surface area contributed by atoms with Crippen LogP contribution in [0, 0.1) is 0 Å². The van der Waals surface area contributed by atoms with Crippen molar-refractivity contribution >= 4 is 5.82 Å². The van der Waals surface area contributed by atoms with Crippen molar-refractivity contribution in [2.24, 2.45) is 5.73 Å². The van der Waals surface area contributed by atoms with Crippen molar-refractivity contribution in [1.29, 1.82) is 0 Å². The van der Waals surface area contributed by atoms with Crippen molar-refractivity contribution < 1.29 is 4.74 Å². The van der Waals surface area contributed by atoms with Gasteiger partial charge in [0.25, 0.3) is 0 Å². The van der Waals surface area contributed by atoms with Crippen LogP contribution in [0.15, 0.2) is 18.6 Å². The zero-order chi connectivity index (χ0) is 10.6. The topological polar surface area (TPSA) is 73.1 Å². The number of rotatable bonds is 3. The quantitative estimate of drug-likeness (QED) is 0.752. The number of nitrogens with zero attached hydrogens (tertiary/aromatic N) is 2. The smallest absolute Gasteiger partial charge is 0.129 e. The molecule has 0 unspecified atom stereocenters. The molecule has 0 atom stereocenters. The number of aromatic nitrogens is 2. The maximum atomic E-state index is 5.82. The molecule has 0 amide bonds. The number of nitrogens with one attached hydrogen (secondary N) is 1. The molecule has 0 bridgehead atoms. The third-order valence-electron chi connectivity index (χ3n) is 2.82. The fourth-order valence-corrected chi connectivity index (χ4v) is 1.78. The van der Waals surface area contributed by atoms with E-state index in [4.69, 9.17) is 10.5 Å². The predicted octanol–water partition coefficient (Wildman–Crippen LogP) is 0.396. The van der Waals surface area contributed by atoms with Crippen LogP contribution >= 0.6 is 0 Å². The molecule has 5 heteroatoms. The van der Waals surface area contributed by atoms with Crippen LogP contribution in [0.3, 0.4) is 0 Å². The molecule has 2 heterocycles. The van der Waals surface area contributed by atoms with E-state index in [9.17, 15) is 0 Å². The molecule has 1 aromatic heterocycles. The van der Waals surface area contributed by atoms with Gasteiger partial charge in [-0.25, -0.2) is 9.97 Å². The highest BCUT2D eigenvalue weighted by Crippen LogP contribution is 2.23. The summed E-state index contributed by atoms with van der Waals surface area (Å²) in [6, 6.07) is 1.85. The molecule has 0 aromatic carbocycles. The summed E-state index contributed by atoms with van der Waals surface area (Å²) in [5, 5.41) is 3.39. The lowest BCUT2D eigenvalue weighted by Crippen LogP contribution is -2.49. The Balaban J connectivity index is 2.07. The van der Waals surface area contributed by atoms with E-state index < -0.39 is 0 Å². The van der Waals surface area contributed by atoms with Crippen LogP contribution in [-0.2, 0) is 4.74 Å². The van der Waals surface area contributed by atoms with E-state index in [0.29, 0.717) is 6.54 Å².